The van der Waals surface area contributed by atoms with Crippen molar-refractivity contribution in [2.24, 2.45) is 0 Å². The van der Waals surface area contributed by atoms with E-state index >= 15 is 0 Å². The van der Waals surface area contributed by atoms with Gasteiger partial charge in [0.15, 0.2) is 5.13 Å². The Morgan fingerprint density at radius 2 is 2.00 bits per heavy atom. The third kappa shape index (κ3) is 4.94. The fourth-order valence-corrected chi connectivity index (χ4v) is 6.67. The maximum Gasteiger partial charge on any atom is 0.253 e. The molecule has 6 rings (SSSR count). The van der Waals surface area contributed by atoms with Gasteiger partial charge in [-0.25, -0.2) is 9.67 Å². The molecule has 1 aromatic carbocycles. The fraction of sp³-hybridized carbons (Fsp3) is 0.276. The van der Waals surface area contributed by atoms with Crippen LogP contribution >= 0.6 is 22.9 Å². The van der Waals surface area contributed by atoms with E-state index in [1.807, 2.05) is 39.9 Å². The molecule has 4 heterocycles. The van der Waals surface area contributed by atoms with Gasteiger partial charge in [-0.15, -0.1) is 6.58 Å². The first-order valence-electron chi connectivity index (χ1n) is 13.2. The van der Waals surface area contributed by atoms with Crippen LogP contribution in [0, 0.1) is 0 Å². The highest BCUT2D eigenvalue weighted by Crippen LogP contribution is 2.44. The molecular weight excluding hydrogens is 546 g/mol. The van der Waals surface area contributed by atoms with Crippen LogP contribution in [0.1, 0.15) is 28.5 Å². The predicted octanol–water partition coefficient (Wildman–Crippen LogP) is 4.71. The lowest BCUT2D eigenvalue weighted by atomic mass is 9.95. The third-order valence-electron chi connectivity index (χ3n) is 7.20. The molecule has 2 aliphatic rings. The van der Waals surface area contributed by atoms with Gasteiger partial charge in [0.2, 0.25) is 5.91 Å². The van der Waals surface area contributed by atoms with Gasteiger partial charge in [0.05, 0.1) is 32.7 Å². The number of hydrogen-bond donors (Lipinski definition) is 1. The number of piperazine rings is 1. The van der Waals surface area contributed by atoms with Gasteiger partial charge in [0.1, 0.15) is 0 Å². The second-order valence-corrected chi connectivity index (χ2v) is 11.3. The molecule has 2 amide bonds. The van der Waals surface area contributed by atoms with Crippen molar-refractivity contribution in [3.05, 3.63) is 77.2 Å². The number of hydrogen-bond acceptors (Lipinski definition) is 7. The molecule has 11 heteroatoms. The first-order valence-corrected chi connectivity index (χ1v) is 14.3. The second kappa shape index (κ2) is 11.0. The van der Waals surface area contributed by atoms with Crippen molar-refractivity contribution < 1.29 is 9.59 Å². The zero-order valence-corrected chi connectivity index (χ0v) is 23.6. The summed E-state index contributed by atoms with van der Waals surface area (Å²) >= 11 is 8.30. The van der Waals surface area contributed by atoms with Crippen molar-refractivity contribution in [1.29, 1.82) is 0 Å². The minimum absolute atomic E-state index is 0.0325. The van der Waals surface area contributed by atoms with Crippen molar-refractivity contribution in [2.75, 3.05) is 38.0 Å². The molecule has 0 bridgehead atoms. The number of nitrogens with zero attached hydrogens (tertiary/aromatic N) is 6. The smallest absolute Gasteiger partial charge is 0.253 e. The highest BCUT2D eigenvalue weighted by molar-refractivity contribution is 7.19. The van der Waals surface area contributed by atoms with E-state index in [1.54, 1.807) is 18.5 Å². The Labute approximate surface area is 241 Å². The molecule has 1 saturated heterocycles. The molecule has 1 N–H and O–H groups in total. The number of anilines is 1. The molecule has 204 valence electrons. The zero-order valence-electron chi connectivity index (χ0n) is 22.1. The lowest BCUT2D eigenvalue weighted by molar-refractivity contribution is -0.114. The fourth-order valence-electron chi connectivity index (χ4n) is 5.29. The van der Waals surface area contributed by atoms with Crippen LogP contribution in [-0.4, -0.2) is 74.1 Å². The number of benzene rings is 1. The maximum atomic E-state index is 13.3. The number of thiazole rings is 1. The SMILES string of the molecule is C=CCN1CCN(C(=O)c2ccc(-n3nc(-c4cccnc4)c4c3-c3sc(NC(C)=O)nc3CC4)c(Cl)c2)CC1. The minimum atomic E-state index is -0.165. The van der Waals surface area contributed by atoms with E-state index in [0.29, 0.717) is 34.5 Å². The molecule has 9 nitrogen and oxygen atoms in total. The van der Waals surface area contributed by atoms with Gasteiger partial charge in [0, 0.05) is 68.7 Å². The number of pyridine rings is 1. The largest absolute Gasteiger partial charge is 0.336 e. The Morgan fingerprint density at radius 3 is 2.70 bits per heavy atom. The van der Waals surface area contributed by atoms with Gasteiger partial charge in [-0.1, -0.05) is 29.0 Å². The van der Waals surface area contributed by atoms with Crippen LogP contribution in [0.4, 0.5) is 5.13 Å². The molecule has 4 aromatic rings. The number of rotatable bonds is 6. The Hall–Kier alpha value is -3.86. The van der Waals surface area contributed by atoms with Crippen molar-refractivity contribution in [3.8, 4) is 27.5 Å². The van der Waals surface area contributed by atoms with Gasteiger partial charge in [-0.2, -0.15) is 5.10 Å². The topological polar surface area (TPSA) is 96.3 Å². The summed E-state index contributed by atoms with van der Waals surface area (Å²) in [5, 5.41) is 8.83. The van der Waals surface area contributed by atoms with Crippen LogP contribution in [0.25, 0.3) is 27.5 Å². The number of fused-ring (bicyclic) bond motifs is 3. The van der Waals surface area contributed by atoms with Crippen LogP contribution < -0.4 is 5.32 Å². The Kier molecular flexibility index (Phi) is 7.22. The number of carbonyl (C=O) groups excluding carboxylic acids is 2. The quantitative estimate of drug-likeness (QED) is 0.336. The average Bonchev–Trinajstić information content (AvgIpc) is 3.54. The van der Waals surface area contributed by atoms with Gasteiger partial charge in [-0.05, 0) is 43.2 Å². The summed E-state index contributed by atoms with van der Waals surface area (Å²) in [6.45, 7) is 9.06. The molecule has 40 heavy (non-hydrogen) atoms. The summed E-state index contributed by atoms with van der Waals surface area (Å²) in [4.78, 5) is 39.1. The first kappa shape index (κ1) is 26.4. The maximum absolute atomic E-state index is 13.3. The van der Waals surface area contributed by atoms with Crippen molar-refractivity contribution in [1.82, 2.24) is 29.5 Å². The van der Waals surface area contributed by atoms with E-state index in [-0.39, 0.29) is 11.8 Å². The van der Waals surface area contributed by atoms with Crippen LogP contribution in [0.5, 0.6) is 0 Å². The average molecular weight is 574 g/mol. The highest BCUT2D eigenvalue weighted by atomic mass is 35.5. The Bertz CT molecular complexity index is 1610. The lowest BCUT2D eigenvalue weighted by Crippen LogP contribution is -2.48. The molecule has 3 aromatic heterocycles. The Balaban J connectivity index is 1.39. The van der Waals surface area contributed by atoms with Crippen LogP contribution in [0.2, 0.25) is 5.02 Å². The molecule has 1 aliphatic heterocycles. The number of nitrogens with one attached hydrogen (secondary N) is 1. The number of amides is 2. The van der Waals surface area contributed by atoms with E-state index in [9.17, 15) is 9.59 Å². The Morgan fingerprint density at radius 1 is 1.18 bits per heavy atom. The first-order chi connectivity index (χ1) is 19.4. The molecular formula is C29H28ClN7O2S. The van der Waals surface area contributed by atoms with E-state index in [4.69, 9.17) is 16.7 Å². The van der Waals surface area contributed by atoms with E-state index in [1.165, 1.54) is 18.3 Å². The summed E-state index contributed by atoms with van der Waals surface area (Å²) in [5.74, 6) is -0.198. The number of carbonyl (C=O) groups is 2. The molecule has 0 spiro atoms. The molecule has 1 fully saturated rings. The van der Waals surface area contributed by atoms with E-state index < -0.39 is 0 Å². The minimum Gasteiger partial charge on any atom is -0.336 e. The van der Waals surface area contributed by atoms with Gasteiger partial charge in [-0.3, -0.25) is 19.5 Å². The summed E-state index contributed by atoms with van der Waals surface area (Å²) in [7, 11) is 0. The normalized spacial score (nSPS) is 14.9. The van der Waals surface area contributed by atoms with Gasteiger partial charge in [0.25, 0.3) is 5.91 Å². The van der Waals surface area contributed by atoms with E-state index in [0.717, 1.165) is 65.6 Å². The summed E-state index contributed by atoms with van der Waals surface area (Å²) < 4.78 is 1.84. The van der Waals surface area contributed by atoms with Crippen molar-refractivity contribution in [3.63, 3.8) is 0 Å². The molecule has 0 saturated carbocycles. The molecule has 0 radical (unpaired) electrons. The highest BCUT2D eigenvalue weighted by Gasteiger charge is 2.31. The molecule has 0 unspecified atom stereocenters. The third-order valence-corrected chi connectivity index (χ3v) is 8.52. The molecule has 0 atom stereocenters. The van der Waals surface area contributed by atoms with Gasteiger partial charge < -0.3 is 10.2 Å². The number of aryl methyl sites for hydroxylation is 1. The number of halogens is 1. The second-order valence-electron chi connectivity index (χ2n) is 9.85. The lowest BCUT2D eigenvalue weighted by Gasteiger charge is -2.34. The predicted molar refractivity (Wildman–Crippen MR) is 157 cm³/mol. The van der Waals surface area contributed by atoms with Crippen molar-refractivity contribution in [2.45, 2.75) is 19.8 Å². The summed E-state index contributed by atoms with van der Waals surface area (Å²) in [6, 6.07) is 9.28. The van der Waals surface area contributed by atoms with Crippen LogP contribution in [0.15, 0.2) is 55.4 Å². The standard InChI is InChI=1S/C29H28ClN7O2S/c1-3-11-35-12-14-36(15-13-35)28(39)19-6-9-24(22(30)16-19)37-26-21(25(34-37)20-5-4-10-31-17-20)7-8-23-27(26)40-29(33-23)32-18(2)38/h3-6,9-10,16-17H,1,7-8,11-15H2,2H3,(H,32,33,38). The summed E-state index contributed by atoms with van der Waals surface area (Å²) in [5.41, 5.74) is 5.84. The summed E-state index contributed by atoms with van der Waals surface area (Å²) in [6.07, 6.45) is 6.90. The number of aromatic nitrogens is 4. The van der Waals surface area contributed by atoms with Crippen molar-refractivity contribution >= 4 is 39.9 Å². The van der Waals surface area contributed by atoms with Gasteiger partial charge >= 0.3 is 0 Å². The van der Waals surface area contributed by atoms with Crippen LogP contribution in [-0.2, 0) is 17.6 Å². The van der Waals surface area contributed by atoms with Crippen LogP contribution in [0.3, 0.4) is 0 Å². The van der Waals surface area contributed by atoms with E-state index in [2.05, 4.69) is 26.8 Å². The molecule has 1 aliphatic carbocycles. The zero-order chi connectivity index (χ0) is 27.8. The monoisotopic (exact) mass is 573 g/mol.